The van der Waals surface area contributed by atoms with Crippen molar-refractivity contribution in [3.8, 4) is 0 Å². The molecule has 0 aliphatic carbocycles. The van der Waals surface area contributed by atoms with Gasteiger partial charge in [0.1, 0.15) is 0 Å². The van der Waals surface area contributed by atoms with Gasteiger partial charge in [-0.05, 0) is 25.4 Å². The van der Waals surface area contributed by atoms with E-state index in [4.69, 9.17) is 5.11 Å². The highest BCUT2D eigenvalue weighted by atomic mass is 32.1. The number of nitrogens with one attached hydrogen (secondary N) is 1. The first kappa shape index (κ1) is 11.6. The van der Waals surface area contributed by atoms with Crippen molar-refractivity contribution in [2.45, 2.75) is 13.8 Å². The first-order valence-electron chi connectivity index (χ1n) is 4.22. The molecule has 0 bridgehead atoms. The molecule has 0 atom stereocenters. The van der Waals surface area contributed by atoms with Gasteiger partial charge >= 0.3 is 5.97 Å². The summed E-state index contributed by atoms with van der Waals surface area (Å²) in [6.07, 6.45) is 0. The zero-order chi connectivity index (χ0) is 11.5. The molecule has 0 saturated carbocycles. The lowest BCUT2D eigenvalue weighted by atomic mass is 9.94. The average molecular weight is 229 g/mol. The molecule has 0 aromatic carbocycles. The van der Waals surface area contributed by atoms with Crippen molar-refractivity contribution in [1.29, 1.82) is 0 Å². The minimum atomic E-state index is -0.987. The van der Waals surface area contributed by atoms with Gasteiger partial charge in [0, 0.05) is 11.9 Å². The van der Waals surface area contributed by atoms with Crippen LogP contribution in [0.15, 0.2) is 5.38 Å². The van der Waals surface area contributed by atoms with Crippen LogP contribution in [-0.4, -0.2) is 33.1 Å². The van der Waals surface area contributed by atoms with Gasteiger partial charge in [-0.2, -0.15) is 0 Å². The van der Waals surface area contributed by atoms with Crippen molar-refractivity contribution in [3.05, 3.63) is 11.1 Å². The molecule has 0 saturated heterocycles. The summed E-state index contributed by atoms with van der Waals surface area (Å²) >= 11 is 1.07. The van der Waals surface area contributed by atoms with Gasteiger partial charge in [-0.1, -0.05) is 4.49 Å². The number of hydrogen-bond donors (Lipinski definition) is 2. The number of carbonyl (C=O) groups excluding carboxylic acids is 1. The number of nitrogens with zero attached hydrogens (tertiary/aromatic N) is 2. The summed E-state index contributed by atoms with van der Waals surface area (Å²) in [6.45, 7) is 3.13. The van der Waals surface area contributed by atoms with Gasteiger partial charge in [-0.25, -0.2) is 0 Å². The molecule has 1 rings (SSSR count). The highest BCUT2D eigenvalue weighted by Crippen LogP contribution is 2.13. The second kappa shape index (κ2) is 4.35. The molecule has 1 aromatic heterocycles. The van der Waals surface area contributed by atoms with Gasteiger partial charge in [0.2, 0.25) is 0 Å². The van der Waals surface area contributed by atoms with Crippen molar-refractivity contribution in [2.75, 3.05) is 6.54 Å². The number of amides is 1. The summed E-state index contributed by atoms with van der Waals surface area (Å²) in [4.78, 5) is 22.1. The highest BCUT2D eigenvalue weighted by Gasteiger charge is 2.27. The van der Waals surface area contributed by atoms with Crippen molar-refractivity contribution in [2.24, 2.45) is 5.41 Å². The normalized spacial score (nSPS) is 11.1. The molecule has 15 heavy (non-hydrogen) atoms. The molecule has 1 amide bonds. The van der Waals surface area contributed by atoms with E-state index in [0.717, 1.165) is 11.5 Å². The van der Waals surface area contributed by atoms with E-state index in [-0.39, 0.29) is 12.2 Å². The van der Waals surface area contributed by atoms with E-state index >= 15 is 0 Å². The Bertz CT molecular complexity index is 361. The maximum absolute atomic E-state index is 11.4. The van der Waals surface area contributed by atoms with Crippen LogP contribution in [0.4, 0.5) is 0 Å². The Balaban J connectivity index is 2.51. The summed E-state index contributed by atoms with van der Waals surface area (Å²) in [6, 6.07) is 0. The van der Waals surface area contributed by atoms with Gasteiger partial charge in [0.25, 0.3) is 5.91 Å². The van der Waals surface area contributed by atoms with Crippen LogP contribution in [0.3, 0.4) is 0 Å². The number of aliphatic carboxylic acids is 1. The number of carboxylic acids is 1. The molecule has 1 heterocycles. The minimum Gasteiger partial charge on any atom is -0.481 e. The van der Waals surface area contributed by atoms with Crippen molar-refractivity contribution in [1.82, 2.24) is 14.9 Å². The predicted octanol–water partition coefficient (Wildman–Crippen LogP) is 0.379. The molecule has 0 unspecified atom stereocenters. The Morgan fingerprint density at radius 3 is 2.73 bits per heavy atom. The Labute approximate surface area is 90.5 Å². The first-order valence-corrected chi connectivity index (χ1v) is 5.06. The zero-order valence-electron chi connectivity index (χ0n) is 8.35. The third-order valence-corrected chi connectivity index (χ3v) is 2.37. The maximum Gasteiger partial charge on any atom is 0.310 e. The van der Waals surface area contributed by atoms with Crippen LogP contribution in [0, 0.1) is 5.41 Å². The van der Waals surface area contributed by atoms with Gasteiger partial charge in [-0.3, -0.25) is 9.59 Å². The van der Waals surface area contributed by atoms with Crippen molar-refractivity contribution >= 4 is 23.4 Å². The van der Waals surface area contributed by atoms with Gasteiger partial charge in [0.15, 0.2) is 5.69 Å². The summed E-state index contributed by atoms with van der Waals surface area (Å²) in [5.41, 5.74) is -0.778. The highest BCUT2D eigenvalue weighted by molar-refractivity contribution is 7.03. The van der Waals surface area contributed by atoms with Crippen LogP contribution < -0.4 is 5.32 Å². The lowest BCUT2D eigenvalue weighted by molar-refractivity contribution is -0.146. The van der Waals surface area contributed by atoms with Crippen molar-refractivity contribution < 1.29 is 14.7 Å². The predicted molar refractivity (Wildman–Crippen MR) is 53.7 cm³/mol. The average Bonchev–Trinajstić information content (AvgIpc) is 2.66. The number of carbonyl (C=O) groups is 2. The zero-order valence-corrected chi connectivity index (χ0v) is 9.17. The third-order valence-electron chi connectivity index (χ3n) is 1.86. The third kappa shape index (κ3) is 2.98. The quantitative estimate of drug-likeness (QED) is 0.778. The molecule has 2 N–H and O–H groups in total. The van der Waals surface area contributed by atoms with E-state index in [2.05, 4.69) is 14.9 Å². The van der Waals surface area contributed by atoms with E-state index in [1.54, 1.807) is 0 Å². The van der Waals surface area contributed by atoms with E-state index in [9.17, 15) is 9.59 Å². The van der Waals surface area contributed by atoms with Gasteiger partial charge in [-0.15, -0.1) is 5.10 Å². The first-order chi connectivity index (χ1) is 6.93. The molecule has 0 aliphatic heterocycles. The van der Waals surface area contributed by atoms with Crippen molar-refractivity contribution in [3.63, 3.8) is 0 Å². The monoisotopic (exact) mass is 229 g/mol. The molecule has 0 radical (unpaired) electrons. The van der Waals surface area contributed by atoms with E-state index in [0.29, 0.717) is 0 Å². The number of carboxylic acid groups (broad SMARTS) is 1. The number of rotatable bonds is 4. The van der Waals surface area contributed by atoms with Gasteiger partial charge in [0.05, 0.1) is 5.41 Å². The molecule has 0 fully saturated rings. The summed E-state index contributed by atoms with van der Waals surface area (Å²) in [5, 5.41) is 16.4. The fraction of sp³-hybridized carbons (Fsp3) is 0.500. The number of aromatic nitrogens is 2. The SMILES string of the molecule is CC(C)(CNC(=O)c1csnn1)C(=O)O. The maximum atomic E-state index is 11.4. The Hall–Kier alpha value is -1.50. The molecule has 7 heteroatoms. The molecule has 1 aromatic rings. The van der Waals surface area contributed by atoms with Gasteiger partial charge < -0.3 is 10.4 Å². The smallest absolute Gasteiger partial charge is 0.310 e. The molecular formula is C8H11N3O3S. The fourth-order valence-corrected chi connectivity index (χ4v) is 1.17. The van der Waals surface area contributed by atoms with Crippen LogP contribution in [0.25, 0.3) is 0 Å². The number of hydrogen-bond acceptors (Lipinski definition) is 5. The van der Waals surface area contributed by atoms with E-state index in [1.807, 2.05) is 0 Å². The largest absolute Gasteiger partial charge is 0.481 e. The Morgan fingerprint density at radius 1 is 1.60 bits per heavy atom. The van der Waals surface area contributed by atoms with Crippen LogP contribution in [0.1, 0.15) is 24.3 Å². The molecule has 82 valence electrons. The molecule has 0 aliphatic rings. The molecular weight excluding hydrogens is 218 g/mol. The second-order valence-corrected chi connectivity index (χ2v) is 4.27. The minimum absolute atomic E-state index is 0.0543. The van der Waals surface area contributed by atoms with Crippen LogP contribution >= 0.6 is 11.5 Å². The lowest BCUT2D eigenvalue weighted by Crippen LogP contribution is -2.39. The molecule has 0 spiro atoms. The summed E-state index contributed by atoms with van der Waals surface area (Å²) in [5.74, 6) is -1.36. The Morgan fingerprint density at radius 2 is 2.27 bits per heavy atom. The van der Waals surface area contributed by atoms with E-state index in [1.165, 1.54) is 19.2 Å². The van der Waals surface area contributed by atoms with Crippen LogP contribution in [-0.2, 0) is 4.79 Å². The topological polar surface area (TPSA) is 92.2 Å². The second-order valence-electron chi connectivity index (χ2n) is 3.66. The summed E-state index contributed by atoms with van der Waals surface area (Å²) in [7, 11) is 0. The molecule has 6 nitrogen and oxygen atoms in total. The van der Waals surface area contributed by atoms with Crippen LogP contribution in [0.2, 0.25) is 0 Å². The standard InChI is InChI=1S/C8H11N3O3S/c1-8(2,7(13)14)4-9-6(12)5-3-15-11-10-5/h3H,4H2,1-2H3,(H,9,12)(H,13,14). The van der Waals surface area contributed by atoms with E-state index < -0.39 is 17.3 Å². The van der Waals surface area contributed by atoms with Crippen LogP contribution in [0.5, 0.6) is 0 Å². The Kier molecular flexibility index (Phi) is 3.35. The lowest BCUT2D eigenvalue weighted by Gasteiger charge is -2.18. The fourth-order valence-electron chi connectivity index (χ4n) is 0.731. The summed E-state index contributed by atoms with van der Waals surface area (Å²) < 4.78 is 3.54.